The van der Waals surface area contributed by atoms with Crippen molar-refractivity contribution in [2.45, 2.75) is 25.8 Å². The summed E-state index contributed by atoms with van der Waals surface area (Å²) in [5.74, 6) is -1.28. The lowest BCUT2D eigenvalue weighted by Gasteiger charge is -2.37. The SMILES string of the molecule is C[C@@H]1[C@H](C(=O)O)CCCN1C(=O)c1cccs1. The Bertz CT molecular complexity index is 415. The maximum atomic E-state index is 12.2. The first-order chi connectivity index (χ1) is 8.11. The molecule has 0 unspecified atom stereocenters. The summed E-state index contributed by atoms with van der Waals surface area (Å²) in [6.45, 7) is 2.48. The van der Waals surface area contributed by atoms with Gasteiger partial charge in [0.25, 0.3) is 5.91 Å². The van der Waals surface area contributed by atoms with Crippen molar-refractivity contribution in [3.05, 3.63) is 22.4 Å². The number of carbonyl (C=O) groups excluding carboxylic acids is 1. The first-order valence-corrected chi connectivity index (χ1v) is 6.56. The van der Waals surface area contributed by atoms with E-state index in [4.69, 9.17) is 5.11 Å². The number of thiophene rings is 1. The second-order valence-electron chi connectivity index (χ2n) is 4.30. The molecule has 92 valence electrons. The van der Waals surface area contributed by atoms with Crippen LogP contribution < -0.4 is 0 Å². The van der Waals surface area contributed by atoms with Gasteiger partial charge in [0.15, 0.2) is 0 Å². The molecule has 17 heavy (non-hydrogen) atoms. The molecule has 1 aliphatic heterocycles. The van der Waals surface area contributed by atoms with Crippen molar-refractivity contribution in [2.75, 3.05) is 6.54 Å². The molecule has 1 saturated heterocycles. The number of hydrogen-bond donors (Lipinski definition) is 1. The van der Waals surface area contributed by atoms with Gasteiger partial charge in [-0.15, -0.1) is 11.3 Å². The molecule has 0 radical (unpaired) electrons. The van der Waals surface area contributed by atoms with Crippen molar-refractivity contribution >= 4 is 23.2 Å². The van der Waals surface area contributed by atoms with Crippen LogP contribution in [0.15, 0.2) is 17.5 Å². The van der Waals surface area contributed by atoms with E-state index in [0.717, 1.165) is 6.42 Å². The van der Waals surface area contributed by atoms with Crippen molar-refractivity contribution in [1.82, 2.24) is 4.90 Å². The molecule has 4 nitrogen and oxygen atoms in total. The van der Waals surface area contributed by atoms with E-state index in [1.807, 2.05) is 18.4 Å². The van der Waals surface area contributed by atoms with E-state index in [-0.39, 0.29) is 11.9 Å². The fraction of sp³-hybridized carbons (Fsp3) is 0.500. The van der Waals surface area contributed by atoms with Gasteiger partial charge in [0, 0.05) is 12.6 Å². The van der Waals surface area contributed by atoms with Crippen molar-refractivity contribution < 1.29 is 14.7 Å². The van der Waals surface area contributed by atoms with Gasteiger partial charge in [-0.05, 0) is 31.2 Å². The Hall–Kier alpha value is -1.36. The molecule has 1 aromatic heterocycles. The predicted octanol–water partition coefficient (Wildman–Crippen LogP) is 2.07. The lowest BCUT2D eigenvalue weighted by molar-refractivity contribution is -0.144. The summed E-state index contributed by atoms with van der Waals surface area (Å²) in [6, 6.07) is 3.39. The first kappa shape index (κ1) is 12.1. The summed E-state index contributed by atoms with van der Waals surface area (Å²) in [5, 5.41) is 11.0. The zero-order chi connectivity index (χ0) is 12.4. The van der Waals surface area contributed by atoms with Gasteiger partial charge in [-0.25, -0.2) is 0 Å². The van der Waals surface area contributed by atoms with Crippen LogP contribution in [0, 0.1) is 5.92 Å². The van der Waals surface area contributed by atoms with E-state index in [9.17, 15) is 9.59 Å². The second-order valence-corrected chi connectivity index (χ2v) is 5.25. The van der Waals surface area contributed by atoms with E-state index >= 15 is 0 Å². The molecule has 2 atom stereocenters. The van der Waals surface area contributed by atoms with Crippen molar-refractivity contribution in [3.63, 3.8) is 0 Å². The van der Waals surface area contributed by atoms with Crippen LogP contribution in [-0.4, -0.2) is 34.5 Å². The Morgan fingerprint density at radius 1 is 1.53 bits per heavy atom. The molecule has 0 bridgehead atoms. The largest absolute Gasteiger partial charge is 0.481 e. The molecule has 1 fully saturated rings. The Balaban J connectivity index is 2.15. The monoisotopic (exact) mass is 253 g/mol. The molecule has 1 N–H and O–H groups in total. The van der Waals surface area contributed by atoms with E-state index in [2.05, 4.69) is 0 Å². The third-order valence-corrected chi connectivity index (χ3v) is 4.16. The number of carbonyl (C=O) groups is 2. The average Bonchev–Trinajstić information content (AvgIpc) is 2.81. The normalized spacial score (nSPS) is 24.6. The molecule has 1 aromatic rings. The van der Waals surface area contributed by atoms with Crippen LogP contribution in [0.2, 0.25) is 0 Å². The van der Waals surface area contributed by atoms with Crippen LogP contribution in [-0.2, 0) is 4.79 Å². The van der Waals surface area contributed by atoms with Crippen LogP contribution >= 0.6 is 11.3 Å². The van der Waals surface area contributed by atoms with Crippen LogP contribution in [0.3, 0.4) is 0 Å². The molecule has 1 amide bonds. The highest BCUT2D eigenvalue weighted by molar-refractivity contribution is 7.12. The summed E-state index contributed by atoms with van der Waals surface area (Å²) < 4.78 is 0. The minimum atomic E-state index is -0.804. The minimum Gasteiger partial charge on any atom is -0.481 e. The molecule has 5 heteroatoms. The number of rotatable bonds is 2. The maximum absolute atomic E-state index is 12.2. The van der Waals surface area contributed by atoms with E-state index in [1.54, 1.807) is 11.0 Å². The molecule has 0 spiro atoms. The standard InChI is InChI=1S/C12H15NO3S/c1-8-9(12(15)16)4-2-6-13(8)11(14)10-5-3-7-17-10/h3,5,7-9H,2,4,6H2,1H3,(H,15,16)/t8-,9-/m1/s1. The summed E-state index contributed by atoms with van der Waals surface area (Å²) in [7, 11) is 0. The van der Waals surface area contributed by atoms with Gasteiger partial charge < -0.3 is 10.0 Å². The number of nitrogens with zero attached hydrogens (tertiary/aromatic N) is 1. The predicted molar refractivity (Wildman–Crippen MR) is 65.2 cm³/mol. The molecular weight excluding hydrogens is 238 g/mol. The zero-order valence-corrected chi connectivity index (χ0v) is 10.4. The van der Waals surface area contributed by atoms with Gasteiger partial charge in [0.2, 0.25) is 0 Å². The number of aliphatic carboxylic acids is 1. The highest BCUT2D eigenvalue weighted by Crippen LogP contribution is 2.26. The molecular formula is C12H15NO3S. The number of carboxylic acids is 1. The van der Waals surface area contributed by atoms with Crippen LogP contribution in [0.5, 0.6) is 0 Å². The van der Waals surface area contributed by atoms with Gasteiger partial charge in [0.1, 0.15) is 0 Å². The van der Waals surface area contributed by atoms with E-state index in [1.165, 1.54) is 11.3 Å². The highest BCUT2D eigenvalue weighted by atomic mass is 32.1. The Morgan fingerprint density at radius 3 is 2.88 bits per heavy atom. The van der Waals surface area contributed by atoms with Crippen LogP contribution in [0.4, 0.5) is 0 Å². The molecule has 0 aromatic carbocycles. The quantitative estimate of drug-likeness (QED) is 0.877. The number of carboxylic acid groups (broad SMARTS) is 1. The number of piperidine rings is 1. The molecule has 0 saturated carbocycles. The number of amides is 1. The topological polar surface area (TPSA) is 57.6 Å². The third kappa shape index (κ3) is 2.34. The highest BCUT2D eigenvalue weighted by Gasteiger charge is 2.35. The number of hydrogen-bond acceptors (Lipinski definition) is 3. The summed E-state index contributed by atoms with van der Waals surface area (Å²) in [5.41, 5.74) is 0. The zero-order valence-electron chi connectivity index (χ0n) is 9.63. The lowest BCUT2D eigenvalue weighted by Crippen LogP contribution is -2.48. The maximum Gasteiger partial charge on any atom is 0.308 e. The van der Waals surface area contributed by atoms with Gasteiger partial charge in [-0.1, -0.05) is 6.07 Å². The Morgan fingerprint density at radius 2 is 2.29 bits per heavy atom. The molecule has 0 aliphatic carbocycles. The number of likely N-dealkylation sites (tertiary alicyclic amines) is 1. The Kier molecular flexibility index (Phi) is 3.47. The van der Waals surface area contributed by atoms with Crippen LogP contribution in [0.25, 0.3) is 0 Å². The van der Waals surface area contributed by atoms with Gasteiger partial charge in [0.05, 0.1) is 10.8 Å². The molecule has 2 heterocycles. The fourth-order valence-corrected chi connectivity index (χ4v) is 2.98. The Labute approximate surface area is 104 Å². The van der Waals surface area contributed by atoms with Gasteiger partial charge >= 0.3 is 5.97 Å². The first-order valence-electron chi connectivity index (χ1n) is 5.68. The third-order valence-electron chi connectivity index (χ3n) is 3.30. The fourth-order valence-electron chi connectivity index (χ4n) is 2.30. The summed E-state index contributed by atoms with van der Waals surface area (Å²) in [4.78, 5) is 25.6. The minimum absolute atomic E-state index is 0.0431. The van der Waals surface area contributed by atoms with Crippen molar-refractivity contribution in [3.8, 4) is 0 Å². The van der Waals surface area contributed by atoms with Crippen molar-refractivity contribution in [1.29, 1.82) is 0 Å². The lowest BCUT2D eigenvalue weighted by atomic mass is 9.90. The second kappa shape index (κ2) is 4.87. The van der Waals surface area contributed by atoms with Crippen LogP contribution in [0.1, 0.15) is 29.4 Å². The van der Waals surface area contributed by atoms with E-state index in [0.29, 0.717) is 17.8 Å². The molecule has 1 aliphatic rings. The average molecular weight is 253 g/mol. The van der Waals surface area contributed by atoms with E-state index < -0.39 is 11.9 Å². The van der Waals surface area contributed by atoms with Gasteiger partial charge in [-0.3, -0.25) is 9.59 Å². The summed E-state index contributed by atoms with van der Waals surface area (Å²) in [6.07, 6.45) is 1.42. The molecule has 2 rings (SSSR count). The van der Waals surface area contributed by atoms with Crippen molar-refractivity contribution in [2.24, 2.45) is 5.92 Å². The smallest absolute Gasteiger partial charge is 0.308 e. The van der Waals surface area contributed by atoms with Gasteiger partial charge in [-0.2, -0.15) is 0 Å². The summed E-state index contributed by atoms with van der Waals surface area (Å²) >= 11 is 1.40.